The zero-order valence-corrected chi connectivity index (χ0v) is 13.1. The third kappa shape index (κ3) is 3.17. The molecule has 0 spiro atoms. The number of nitrogens with zero attached hydrogens (tertiary/aromatic N) is 4. The minimum atomic E-state index is -0.493. The maximum atomic E-state index is 14.3. The highest BCUT2D eigenvalue weighted by Crippen LogP contribution is 2.19. The first-order valence-corrected chi connectivity index (χ1v) is 7.40. The molecule has 1 aliphatic rings. The van der Waals surface area contributed by atoms with Crippen LogP contribution in [0, 0.1) is 10.7 Å². The Bertz CT molecular complexity index is 945. The van der Waals surface area contributed by atoms with Crippen molar-refractivity contribution in [3.8, 4) is 0 Å². The van der Waals surface area contributed by atoms with Gasteiger partial charge in [-0.05, 0) is 35.5 Å². The first kappa shape index (κ1) is 16.2. The Morgan fingerprint density at radius 3 is 2.83 bits per heavy atom. The fourth-order valence-electron chi connectivity index (χ4n) is 2.46. The number of benzene rings is 2. The van der Waals surface area contributed by atoms with Crippen LogP contribution in [-0.2, 0) is 0 Å². The molecule has 2 aromatic rings. The number of fused-ring (bicyclic) bond motifs is 1. The highest BCUT2D eigenvalue weighted by atomic mass is 35.5. The standard InChI is InChI=1S/C16H12ClFN4O2/c17-10-5-6-14-12(7-10)16(11-3-1-2-4-13(11)18)22(24)8-15(21-14)19-9-20-23/h1-7,24H,8-9H2/b19-15-. The van der Waals surface area contributed by atoms with E-state index in [1.807, 2.05) is 0 Å². The Labute approximate surface area is 141 Å². The number of hydrogen-bond donors (Lipinski definition) is 1. The zero-order valence-electron chi connectivity index (χ0n) is 12.4. The van der Waals surface area contributed by atoms with Crippen molar-refractivity contribution in [1.29, 1.82) is 0 Å². The van der Waals surface area contributed by atoms with Crippen LogP contribution in [0.3, 0.4) is 0 Å². The van der Waals surface area contributed by atoms with Crippen LogP contribution in [0.15, 0.2) is 57.6 Å². The van der Waals surface area contributed by atoms with Gasteiger partial charge in [0.25, 0.3) is 0 Å². The van der Waals surface area contributed by atoms with Gasteiger partial charge in [-0.15, -0.1) is 4.91 Å². The lowest BCUT2D eigenvalue weighted by Crippen LogP contribution is -2.32. The lowest BCUT2D eigenvalue weighted by molar-refractivity contribution is -0.0122. The van der Waals surface area contributed by atoms with Crippen molar-refractivity contribution in [3.05, 3.63) is 74.4 Å². The summed E-state index contributed by atoms with van der Waals surface area (Å²) in [6, 6.07) is 10.9. The van der Waals surface area contributed by atoms with Crippen molar-refractivity contribution in [2.45, 2.75) is 0 Å². The average Bonchev–Trinajstić information content (AvgIpc) is 2.69. The summed E-state index contributed by atoms with van der Waals surface area (Å²) in [6.45, 7) is -0.434. The molecular formula is C16H12ClFN4O2. The molecule has 6 nitrogen and oxygen atoms in total. The molecule has 0 bridgehead atoms. The van der Waals surface area contributed by atoms with Crippen molar-refractivity contribution in [1.82, 2.24) is 5.06 Å². The van der Waals surface area contributed by atoms with Gasteiger partial charge < -0.3 is 0 Å². The van der Waals surface area contributed by atoms with E-state index >= 15 is 0 Å². The normalized spacial score (nSPS) is 15.7. The minimum absolute atomic E-state index is 0.120. The molecule has 1 aliphatic heterocycles. The molecule has 0 saturated carbocycles. The summed E-state index contributed by atoms with van der Waals surface area (Å²) in [5, 5.41) is 15.3. The molecule has 8 heteroatoms. The third-order valence-corrected chi connectivity index (χ3v) is 3.69. The Morgan fingerprint density at radius 2 is 2.08 bits per heavy atom. The van der Waals surface area contributed by atoms with E-state index in [-0.39, 0.29) is 30.3 Å². The number of hydroxylamine groups is 2. The van der Waals surface area contributed by atoms with Gasteiger partial charge in [0.05, 0.1) is 11.1 Å². The molecule has 1 heterocycles. The number of hydrogen-bond acceptors (Lipinski definition) is 5. The van der Waals surface area contributed by atoms with Crippen molar-refractivity contribution in [3.63, 3.8) is 0 Å². The van der Waals surface area contributed by atoms with Crippen LogP contribution in [0.1, 0.15) is 5.56 Å². The van der Waals surface area contributed by atoms with E-state index in [1.165, 1.54) is 6.07 Å². The maximum Gasteiger partial charge on any atom is 0.173 e. The van der Waals surface area contributed by atoms with Gasteiger partial charge in [0.2, 0.25) is 0 Å². The van der Waals surface area contributed by atoms with E-state index in [1.54, 1.807) is 36.4 Å². The Morgan fingerprint density at radius 1 is 1.29 bits per heavy atom. The summed E-state index contributed by atoms with van der Waals surface area (Å²) in [5.41, 5.74) is 0.423. The average molecular weight is 347 g/mol. The minimum Gasteiger partial charge on any atom is -0.288 e. The summed E-state index contributed by atoms with van der Waals surface area (Å²) >= 11 is 6.05. The Hall–Kier alpha value is -2.64. The molecule has 0 unspecified atom stereocenters. The number of halogens is 2. The van der Waals surface area contributed by atoms with Crippen molar-refractivity contribution < 1.29 is 9.60 Å². The fourth-order valence-corrected chi connectivity index (χ4v) is 2.63. The van der Waals surface area contributed by atoms with Gasteiger partial charge >= 0.3 is 0 Å². The second-order valence-corrected chi connectivity index (χ2v) is 5.44. The van der Waals surface area contributed by atoms with Crippen LogP contribution < -0.4 is 10.6 Å². The van der Waals surface area contributed by atoms with E-state index in [9.17, 15) is 14.5 Å². The second-order valence-electron chi connectivity index (χ2n) is 5.00. The monoisotopic (exact) mass is 346 g/mol. The Balaban J connectivity index is 2.35. The van der Waals surface area contributed by atoms with Crippen LogP contribution in [0.25, 0.3) is 5.70 Å². The number of nitroso groups, excluding NO2 is 1. The first-order chi connectivity index (χ1) is 11.6. The van der Waals surface area contributed by atoms with Gasteiger partial charge in [-0.1, -0.05) is 23.7 Å². The molecule has 1 N–H and O–H groups in total. The molecule has 3 rings (SSSR count). The molecule has 0 saturated heterocycles. The van der Waals surface area contributed by atoms with Crippen LogP contribution in [0.5, 0.6) is 0 Å². The van der Waals surface area contributed by atoms with Gasteiger partial charge in [-0.2, -0.15) is 0 Å². The third-order valence-electron chi connectivity index (χ3n) is 3.45. The van der Waals surface area contributed by atoms with E-state index < -0.39 is 5.82 Å². The fraction of sp³-hybridized carbons (Fsp3) is 0.125. The zero-order chi connectivity index (χ0) is 17.1. The molecule has 0 amide bonds. The SMILES string of the molecule is O=NC/N=C1/CN(O)C(c2ccccc2F)=c2cc(Cl)ccc2=N1. The number of rotatable bonds is 3. The first-order valence-electron chi connectivity index (χ1n) is 7.02. The molecule has 122 valence electrons. The lowest BCUT2D eigenvalue weighted by atomic mass is 10.1. The number of aliphatic imine (C=N–C) groups is 1. The van der Waals surface area contributed by atoms with E-state index in [4.69, 9.17) is 11.6 Å². The summed E-state index contributed by atoms with van der Waals surface area (Å²) in [7, 11) is 0. The van der Waals surface area contributed by atoms with E-state index in [0.717, 1.165) is 5.06 Å². The molecule has 0 aromatic heterocycles. The Kier molecular flexibility index (Phi) is 4.64. The van der Waals surface area contributed by atoms with Crippen LogP contribution in [0.4, 0.5) is 4.39 Å². The summed E-state index contributed by atoms with van der Waals surface area (Å²) in [6.07, 6.45) is 0. The molecule has 0 radical (unpaired) electrons. The van der Waals surface area contributed by atoms with Crippen LogP contribution in [0.2, 0.25) is 5.02 Å². The van der Waals surface area contributed by atoms with E-state index in [2.05, 4.69) is 15.2 Å². The quantitative estimate of drug-likeness (QED) is 0.864. The molecule has 0 aliphatic carbocycles. The molecule has 0 fully saturated rings. The van der Waals surface area contributed by atoms with Crippen LogP contribution in [-0.4, -0.2) is 29.3 Å². The van der Waals surface area contributed by atoms with Gasteiger partial charge in [-0.25, -0.2) is 19.4 Å². The lowest BCUT2D eigenvalue weighted by Gasteiger charge is -2.19. The maximum absolute atomic E-state index is 14.3. The molecule has 24 heavy (non-hydrogen) atoms. The van der Waals surface area contributed by atoms with Gasteiger partial charge in [0.1, 0.15) is 18.2 Å². The van der Waals surface area contributed by atoms with Crippen molar-refractivity contribution >= 4 is 23.1 Å². The topological polar surface area (TPSA) is 77.6 Å². The summed E-state index contributed by atoms with van der Waals surface area (Å²) in [5.74, 6) is -0.292. The van der Waals surface area contributed by atoms with E-state index in [0.29, 0.717) is 15.6 Å². The van der Waals surface area contributed by atoms with Crippen LogP contribution >= 0.6 is 11.6 Å². The van der Waals surface area contributed by atoms with Gasteiger partial charge in [-0.3, -0.25) is 5.21 Å². The summed E-state index contributed by atoms with van der Waals surface area (Å²) < 4.78 is 14.3. The highest BCUT2D eigenvalue weighted by molar-refractivity contribution is 6.30. The van der Waals surface area contributed by atoms with Crippen molar-refractivity contribution in [2.24, 2.45) is 15.2 Å². The smallest absolute Gasteiger partial charge is 0.173 e. The largest absolute Gasteiger partial charge is 0.288 e. The van der Waals surface area contributed by atoms with Crippen molar-refractivity contribution in [2.75, 3.05) is 13.2 Å². The predicted molar refractivity (Wildman–Crippen MR) is 87.7 cm³/mol. The number of amidine groups is 1. The highest BCUT2D eigenvalue weighted by Gasteiger charge is 2.20. The molecular weight excluding hydrogens is 335 g/mol. The second kappa shape index (κ2) is 6.86. The summed E-state index contributed by atoms with van der Waals surface area (Å²) in [4.78, 5) is 18.5. The van der Waals surface area contributed by atoms with Gasteiger partial charge in [0.15, 0.2) is 6.67 Å². The molecule has 2 aromatic carbocycles. The predicted octanol–water partition coefficient (Wildman–Crippen LogP) is 2.08. The molecule has 0 atom stereocenters. The van der Waals surface area contributed by atoms with Gasteiger partial charge in [0, 0.05) is 15.8 Å².